The number of esters is 1. The predicted octanol–water partition coefficient (Wildman–Crippen LogP) is 3.54. The molecule has 0 radical (unpaired) electrons. The first-order valence-corrected chi connectivity index (χ1v) is 8.51. The van der Waals surface area contributed by atoms with Crippen LogP contribution in [-0.2, 0) is 4.74 Å². The Morgan fingerprint density at radius 1 is 1.16 bits per heavy atom. The molecule has 0 amide bonds. The van der Waals surface area contributed by atoms with Crippen molar-refractivity contribution in [2.75, 3.05) is 25.1 Å². The normalized spacial score (nSPS) is 10.0. The van der Waals surface area contributed by atoms with Crippen LogP contribution in [0, 0.1) is 6.92 Å². The Balaban J connectivity index is 1.75. The van der Waals surface area contributed by atoms with Crippen LogP contribution in [0.1, 0.15) is 22.8 Å². The van der Waals surface area contributed by atoms with Crippen LogP contribution in [0.5, 0.6) is 5.75 Å². The lowest BCUT2D eigenvalue weighted by molar-refractivity contribution is 0.0526. The van der Waals surface area contributed by atoms with Gasteiger partial charge in [-0.1, -0.05) is 23.8 Å². The highest BCUT2D eigenvalue weighted by atomic mass is 32.1. The molecule has 0 heterocycles. The van der Waals surface area contributed by atoms with Gasteiger partial charge in [0.2, 0.25) is 0 Å². The summed E-state index contributed by atoms with van der Waals surface area (Å²) in [6.07, 6.45) is 0. The standard InChI is InChI=1S/C19H22N2O3S/c1-3-23-18(22)15-5-4-6-16(13-15)21-19(25)20-11-12-24-17-9-7-14(2)8-10-17/h4-10,13H,3,11-12H2,1-2H3,(H2,20,21,25). The fourth-order valence-corrected chi connectivity index (χ4v) is 2.30. The van der Waals surface area contributed by atoms with Gasteiger partial charge < -0.3 is 20.1 Å². The van der Waals surface area contributed by atoms with Crippen molar-refractivity contribution in [2.45, 2.75) is 13.8 Å². The Labute approximate surface area is 153 Å². The second-order valence-electron chi connectivity index (χ2n) is 5.34. The summed E-state index contributed by atoms with van der Waals surface area (Å²) in [5.41, 5.74) is 2.40. The lowest BCUT2D eigenvalue weighted by Gasteiger charge is -2.12. The average molecular weight is 358 g/mol. The van der Waals surface area contributed by atoms with Crippen LogP contribution < -0.4 is 15.4 Å². The van der Waals surface area contributed by atoms with Gasteiger partial charge in [0.15, 0.2) is 5.11 Å². The van der Waals surface area contributed by atoms with E-state index in [2.05, 4.69) is 10.6 Å². The van der Waals surface area contributed by atoms with E-state index >= 15 is 0 Å². The molecule has 0 aromatic heterocycles. The fraction of sp³-hybridized carbons (Fsp3) is 0.263. The molecule has 0 saturated heterocycles. The van der Waals surface area contributed by atoms with E-state index in [1.807, 2.05) is 37.3 Å². The molecule has 6 heteroatoms. The number of ether oxygens (including phenoxy) is 2. The van der Waals surface area contributed by atoms with Crippen LogP contribution in [0.3, 0.4) is 0 Å². The molecule has 0 saturated carbocycles. The molecule has 0 atom stereocenters. The van der Waals surface area contributed by atoms with Crippen molar-refractivity contribution in [2.24, 2.45) is 0 Å². The Bertz CT molecular complexity index is 717. The largest absolute Gasteiger partial charge is 0.492 e. The van der Waals surface area contributed by atoms with Crippen molar-refractivity contribution in [1.29, 1.82) is 0 Å². The van der Waals surface area contributed by atoms with Crippen molar-refractivity contribution >= 4 is 29.0 Å². The third-order valence-electron chi connectivity index (χ3n) is 3.31. The molecule has 0 fully saturated rings. The summed E-state index contributed by atoms with van der Waals surface area (Å²) in [7, 11) is 0. The molecule has 5 nitrogen and oxygen atoms in total. The van der Waals surface area contributed by atoms with E-state index in [0.29, 0.717) is 30.4 Å². The Morgan fingerprint density at radius 3 is 2.64 bits per heavy atom. The molecule has 2 aromatic carbocycles. The predicted molar refractivity (Wildman–Crippen MR) is 103 cm³/mol. The molecule has 0 spiro atoms. The van der Waals surface area contributed by atoms with Crippen LogP contribution >= 0.6 is 12.2 Å². The SMILES string of the molecule is CCOC(=O)c1cccc(NC(=S)NCCOc2ccc(C)cc2)c1. The average Bonchev–Trinajstić information content (AvgIpc) is 2.61. The summed E-state index contributed by atoms with van der Waals surface area (Å²) in [5, 5.41) is 6.57. The van der Waals surface area contributed by atoms with Crippen molar-refractivity contribution in [3.8, 4) is 5.75 Å². The molecule has 2 rings (SSSR count). The van der Waals surface area contributed by atoms with Crippen molar-refractivity contribution in [1.82, 2.24) is 5.32 Å². The maximum atomic E-state index is 11.7. The Kier molecular flexibility index (Phi) is 7.22. The number of carbonyl (C=O) groups excluding carboxylic acids is 1. The third-order valence-corrected chi connectivity index (χ3v) is 3.56. The first-order chi connectivity index (χ1) is 12.1. The zero-order valence-electron chi connectivity index (χ0n) is 14.4. The zero-order valence-corrected chi connectivity index (χ0v) is 15.2. The van der Waals surface area contributed by atoms with Crippen molar-refractivity contribution in [3.63, 3.8) is 0 Å². The molecule has 0 aliphatic carbocycles. The number of nitrogens with one attached hydrogen (secondary N) is 2. The Hall–Kier alpha value is -2.60. The van der Waals surface area contributed by atoms with E-state index in [1.54, 1.807) is 25.1 Å². The molecule has 2 aromatic rings. The second kappa shape index (κ2) is 9.64. The van der Waals surface area contributed by atoms with Crippen molar-refractivity contribution in [3.05, 3.63) is 59.7 Å². The molecule has 0 aliphatic rings. The smallest absolute Gasteiger partial charge is 0.338 e. The van der Waals surface area contributed by atoms with Gasteiger partial charge in [-0.2, -0.15) is 0 Å². The summed E-state index contributed by atoms with van der Waals surface area (Å²) in [6.45, 7) is 5.21. The van der Waals surface area contributed by atoms with E-state index in [0.717, 1.165) is 11.4 Å². The highest BCUT2D eigenvalue weighted by Crippen LogP contribution is 2.12. The van der Waals surface area contributed by atoms with Gasteiger partial charge in [0, 0.05) is 5.69 Å². The van der Waals surface area contributed by atoms with Gasteiger partial charge in [0.25, 0.3) is 0 Å². The van der Waals surface area contributed by atoms with Crippen LogP contribution in [0.4, 0.5) is 5.69 Å². The monoisotopic (exact) mass is 358 g/mol. The van der Waals surface area contributed by atoms with E-state index in [-0.39, 0.29) is 5.97 Å². The van der Waals surface area contributed by atoms with E-state index in [1.165, 1.54) is 5.56 Å². The number of carbonyl (C=O) groups is 1. The number of anilines is 1. The van der Waals surface area contributed by atoms with Crippen LogP contribution in [0.25, 0.3) is 0 Å². The van der Waals surface area contributed by atoms with Gasteiger partial charge in [0.05, 0.1) is 18.7 Å². The fourth-order valence-electron chi connectivity index (χ4n) is 2.08. The second-order valence-corrected chi connectivity index (χ2v) is 5.75. The minimum atomic E-state index is -0.350. The summed E-state index contributed by atoms with van der Waals surface area (Å²) < 4.78 is 10.6. The summed E-state index contributed by atoms with van der Waals surface area (Å²) in [4.78, 5) is 11.7. The van der Waals surface area contributed by atoms with Gasteiger partial charge in [-0.3, -0.25) is 0 Å². The molecule has 132 valence electrons. The van der Waals surface area contributed by atoms with E-state index < -0.39 is 0 Å². The highest BCUT2D eigenvalue weighted by molar-refractivity contribution is 7.80. The number of hydrogen-bond acceptors (Lipinski definition) is 4. The van der Waals surface area contributed by atoms with Crippen LogP contribution in [0.15, 0.2) is 48.5 Å². The number of hydrogen-bond donors (Lipinski definition) is 2. The summed E-state index contributed by atoms with van der Waals surface area (Å²) in [6, 6.07) is 14.9. The third kappa shape index (κ3) is 6.43. The van der Waals surface area contributed by atoms with Crippen molar-refractivity contribution < 1.29 is 14.3 Å². The molecule has 0 aliphatic heterocycles. The molecular formula is C19H22N2O3S. The number of rotatable bonds is 7. The first-order valence-electron chi connectivity index (χ1n) is 8.10. The van der Waals surface area contributed by atoms with Gasteiger partial charge in [-0.25, -0.2) is 4.79 Å². The van der Waals surface area contributed by atoms with Crippen LogP contribution in [-0.4, -0.2) is 30.8 Å². The lowest BCUT2D eigenvalue weighted by Crippen LogP contribution is -2.32. The summed E-state index contributed by atoms with van der Waals surface area (Å²) >= 11 is 5.25. The molecule has 2 N–H and O–H groups in total. The van der Waals surface area contributed by atoms with Gasteiger partial charge in [0.1, 0.15) is 12.4 Å². The van der Waals surface area contributed by atoms with E-state index in [9.17, 15) is 4.79 Å². The zero-order chi connectivity index (χ0) is 18.1. The van der Waals surface area contributed by atoms with Crippen LogP contribution in [0.2, 0.25) is 0 Å². The van der Waals surface area contributed by atoms with Gasteiger partial charge in [-0.05, 0) is 56.4 Å². The maximum absolute atomic E-state index is 11.7. The number of thiocarbonyl (C=S) groups is 1. The van der Waals surface area contributed by atoms with Gasteiger partial charge >= 0.3 is 5.97 Å². The minimum absolute atomic E-state index is 0.345. The van der Waals surface area contributed by atoms with Gasteiger partial charge in [-0.15, -0.1) is 0 Å². The van der Waals surface area contributed by atoms with E-state index in [4.69, 9.17) is 21.7 Å². The first kappa shape index (κ1) is 18.7. The lowest BCUT2D eigenvalue weighted by atomic mass is 10.2. The molecule has 25 heavy (non-hydrogen) atoms. The number of aryl methyl sites for hydroxylation is 1. The molecular weight excluding hydrogens is 336 g/mol. The molecule has 0 bridgehead atoms. The minimum Gasteiger partial charge on any atom is -0.492 e. The maximum Gasteiger partial charge on any atom is 0.338 e. The summed E-state index contributed by atoms with van der Waals surface area (Å²) in [5.74, 6) is 0.477. The quantitative estimate of drug-likeness (QED) is 0.449. The molecule has 0 unspecified atom stereocenters. The Morgan fingerprint density at radius 2 is 1.92 bits per heavy atom. The number of benzene rings is 2. The highest BCUT2D eigenvalue weighted by Gasteiger charge is 2.07. The topological polar surface area (TPSA) is 59.6 Å².